The lowest BCUT2D eigenvalue weighted by molar-refractivity contribution is -0.274. The molecule has 0 aliphatic carbocycles. The normalized spacial score (nSPS) is 19.3. The van der Waals surface area contributed by atoms with Gasteiger partial charge < -0.3 is 29.4 Å². The van der Waals surface area contributed by atoms with E-state index in [2.05, 4.69) is 21.2 Å². The first-order chi connectivity index (χ1) is 15.3. The molecule has 1 atom stereocenters. The van der Waals surface area contributed by atoms with E-state index in [-0.39, 0.29) is 11.7 Å². The summed E-state index contributed by atoms with van der Waals surface area (Å²) >= 11 is 0. The molecular formula is C21H26F3N5O3. The van der Waals surface area contributed by atoms with Crippen molar-refractivity contribution >= 4 is 5.82 Å². The topological polar surface area (TPSA) is 87.7 Å². The SMILES string of the molecule is C=C(CCn1cc(-c2cnc(N)c(OC(F)(F)F)c2)nc1C1CCOC1)N1CCOCC1. The van der Waals surface area contributed by atoms with E-state index in [0.29, 0.717) is 44.2 Å². The van der Waals surface area contributed by atoms with Crippen molar-refractivity contribution in [3.63, 3.8) is 0 Å². The van der Waals surface area contributed by atoms with Gasteiger partial charge in [-0.3, -0.25) is 0 Å². The molecule has 4 heterocycles. The van der Waals surface area contributed by atoms with Gasteiger partial charge in [-0.25, -0.2) is 9.97 Å². The van der Waals surface area contributed by atoms with Gasteiger partial charge >= 0.3 is 6.36 Å². The van der Waals surface area contributed by atoms with Crippen LogP contribution >= 0.6 is 0 Å². The standard InChI is InChI=1S/C21H26F3N5O3/c1-14(28-5-8-30-9-6-28)2-4-29-12-17(27-20(29)15-3-7-31-13-15)16-10-18(19(25)26-11-16)32-21(22,23)24/h10-12,15H,1-9,13H2,(H2,25,26). The van der Waals surface area contributed by atoms with Crippen LogP contribution in [-0.2, 0) is 16.0 Å². The Morgan fingerprint density at radius 1 is 1.25 bits per heavy atom. The molecule has 2 saturated heterocycles. The van der Waals surface area contributed by atoms with Crippen LogP contribution in [0.15, 0.2) is 30.7 Å². The smallest absolute Gasteiger partial charge is 0.402 e. The average molecular weight is 453 g/mol. The van der Waals surface area contributed by atoms with Crippen molar-refractivity contribution in [2.45, 2.75) is 31.7 Å². The van der Waals surface area contributed by atoms with Gasteiger partial charge in [0.1, 0.15) is 5.82 Å². The summed E-state index contributed by atoms with van der Waals surface area (Å²) in [6.07, 6.45) is -0.0836. The number of pyridine rings is 1. The van der Waals surface area contributed by atoms with Crippen LogP contribution in [-0.4, -0.2) is 65.3 Å². The van der Waals surface area contributed by atoms with Crippen molar-refractivity contribution in [2.75, 3.05) is 45.3 Å². The molecule has 11 heteroatoms. The maximum atomic E-state index is 12.7. The summed E-state index contributed by atoms with van der Waals surface area (Å²) in [5.41, 5.74) is 7.48. The van der Waals surface area contributed by atoms with Gasteiger partial charge in [0, 0.05) is 62.2 Å². The fraction of sp³-hybridized carbons (Fsp3) is 0.524. The average Bonchev–Trinajstić information content (AvgIpc) is 3.43. The van der Waals surface area contributed by atoms with Crippen molar-refractivity contribution < 1.29 is 27.4 Å². The minimum Gasteiger partial charge on any atom is -0.402 e. The highest BCUT2D eigenvalue weighted by molar-refractivity contribution is 5.63. The van der Waals surface area contributed by atoms with E-state index in [1.165, 1.54) is 12.3 Å². The van der Waals surface area contributed by atoms with Crippen LogP contribution in [0, 0.1) is 0 Å². The molecule has 2 aromatic rings. The Balaban J connectivity index is 1.57. The molecule has 32 heavy (non-hydrogen) atoms. The van der Waals surface area contributed by atoms with Gasteiger partial charge in [-0.2, -0.15) is 0 Å². The number of rotatable bonds is 7. The zero-order valence-corrected chi connectivity index (χ0v) is 17.6. The molecule has 8 nitrogen and oxygen atoms in total. The molecule has 2 aliphatic heterocycles. The summed E-state index contributed by atoms with van der Waals surface area (Å²) in [6.45, 7) is 9.06. The largest absolute Gasteiger partial charge is 0.573 e. The Morgan fingerprint density at radius 2 is 2.03 bits per heavy atom. The highest BCUT2D eigenvalue weighted by Gasteiger charge is 2.32. The number of hydrogen-bond donors (Lipinski definition) is 1. The number of nitrogens with zero attached hydrogens (tertiary/aromatic N) is 4. The second kappa shape index (κ2) is 9.37. The van der Waals surface area contributed by atoms with Crippen LogP contribution in [0.5, 0.6) is 5.75 Å². The van der Waals surface area contributed by atoms with Crippen LogP contribution in [0.25, 0.3) is 11.3 Å². The molecule has 4 rings (SSSR count). The highest BCUT2D eigenvalue weighted by Crippen LogP contribution is 2.33. The quantitative estimate of drug-likeness (QED) is 0.689. The maximum absolute atomic E-state index is 12.7. The molecule has 2 aliphatic rings. The van der Waals surface area contributed by atoms with Crippen molar-refractivity contribution in [2.24, 2.45) is 0 Å². The van der Waals surface area contributed by atoms with E-state index in [1.807, 2.05) is 10.8 Å². The third-order valence-electron chi connectivity index (χ3n) is 5.61. The molecule has 0 amide bonds. The van der Waals surface area contributed by atoms with E-state index < -0.39 is 12.1 Å². The zero-order valence-electron chi connectivity index (χ0n) is 17.6. The lowest BCUT2D eigenvalue weighted by Gasteiger charge is -2.30. The van der Waals surface area contributed by atoms with Crippen LogP contribution in [0.3, 0.4) is 0 Å². The summed E-state index contributed by atoms with van der Waals surface area (Å²) in [5.74, 6) is 0.0724. The summed E-state index contributed by atoms with van der Waals surface area (Å²) in [7, 11) is 0. The van der Waals surface area contributed by atoms with Gasteiger partial charge in [0.25, 0.3) is 0 Å². The molecule has 0 radical (unpaired) electrons. The molecule has 0 saturated carbocycles. The van der Waals surface area contributed by atoms with E-state index >= 15 is 0 Å². The number of aryl methyl sites for hydroxylation is 1. The lowest BCUT2D eigenvalue weighted by Crippen LogP contribution is -2.35. The maximum Gasteiger partial charge on any atom is 0.573 e. The van der Waals surface area contributed by atoms with E-state index in [1.54, 1.807) is 0 Å². The number of ether oxygens (including phenoxy) is 3. The Bertz CT molecular complexity index is 951. The van der Waals surface area contributed by atoms with Gasteiger partial charge in [0.15, 0.2) is 11.6 Å². The Kier molecular flexibility index (Phi) is 6.56. The van der Waals surface area contributed by atoms with Crippen LogP contribution in [0.1, 0.15) is 24.6 Å². The number of aromatic nitrogens is 3. The lowest BCUT2D eigenvalue weighted by atomic mass is 10.1. The predicted octanol–water partition coefficient (Wildman–Crippen LogP) is 3.17. The van der Waals surface area contributed by atoms with Crippen molar-refractivity contribution in [3.05, 3.63) is 36.6 Å². The number of nitrogens with two attached hydrogens (primary N) is 1. The van der Waals surface area contributed by atoms with Crippen molar-refractivity contribution in [3.8, 4) is 17.0 Å². The third-order valence-corrected chi connectivity index (χ3v) is 5.61. The number of alkyl halides is 3. The highest BCUT2D eigenvalue weighted by atomic mass is 19.4. The number of imidazole rings is 1. The fourth-order valence-electron chi connectivity index (χ4n) is 3.90. The van der Waals surface area contributed by atoms with Crippen LogP contribution in [0.4, 0.5) is 19.0 Å². The number of morpholine rings is 1. The molecule has 174 valence electrons. The predicted molar refractivity (Wildman–Crippen MR) is 111 cm³/mol. The second-order valence-corrected chi connectivity index (χ2v) is 7.81. The first kappa shape index (κ1) is 22.4. The van der Waals surface area contributed by atoms with Gasteiger partial charge in [0.2, 0.25) is 0 Å². The second-order valence-electron chi connectivity index (χ2n) is 7.81. The minimum absolute atomic E-state index is 0.119. The van der Waals surface area contributed by atoms with Gasteiger partial charge in [0.05, 0.1) is 25.5 Å². The van der Waals surface area contributed by atoms with Gasteiger partial charge in [-0.15, -0.1) is 13.2 Å². The number of allylic oxidation sites excluding steroid dienone is 1. The van der Waals surface area contributed by atoms with E-state index in [9.17, 15) is 13.2 Å². The summed E-state index contributed by atoms with van der Waals surface area (Å²) in [5, 5.41) is 0. The first-order valence-electron chi connectivity index (χ1n) is 10.5. The summed E-state index contributed by atoms with van der Waals surface area (Å²) < 4.78 is 55.0. The molecule has 1 unspecified atom stereocenters. The Hall–Kier alpha value is -2.79. The van der Waals surface area contributed by atoms with E-state index in [0.717, 1.165) is 37.5 Å². The van der Waals surface area contributed by atoms with E-state index in [4.69, 9.17) is 20.2 Å². The zero-order chi connectivity index (χ0) is 22.7. The monoisotopic (exact) mass is 453 g/mol. The summed E-state index contributed by atoms with van der Waals surface area (Å²) in [6, 6.07) is 1.21. The van der Waals surface area contributed by atoms with Crippen molar-refractivity contribution in [1.29, 1.82) is 0 Å². The molecule has 0 aromatic carbocycles. The van der Waals surface area contributed by atoms with Crippen molar-refractivity contribution in [1.82, 2.24) is 19.4 Å². The first-order valence-corrected chi connectivity index (χ1v) is 10.5. The molecule has 2 fully saturated rings. The molecule has 2 aromatic heterocycles. The number of hydrogen-bond acceptors (Lipinski definition) is 7. The molecule has 2 N–H and O–H groups in total. The Morgan fingerprint density at radius 3 is 2.72 bits per heavy atom. The minimum atomic E-state index is -4.86. The van der Waals surface area contributed by atoms with Gasteiger partial charge in [-0.1, -0.05) is 6.58 Å². The number of anilines is 1. The van der Waals surface area contributed by atoms with Crippen LogP contribution in [0.2, 0.25) is 0 Å². The molecule has 0 spiro atoms. The molecule has 0 bridgehead atoms. The number of nitrogen functional groups attached to an aromatic ring is 1. The Labute approximate surface area is 183 Å². The van der Waals surface area contributed by atoms with Crippen LogP contribution < -0.4 is 10.5 Å². The summed E-state index contributed by atoms with van der Waals surface area (Å²) in [4.78, 5) is 10.8. The van der Waals surface area contributed by atoms with Gasteiger partial charge in [-0.05, 0) is 12.5 Å². The number of halogens is 3. The third kappa shape index (κ3) is 5.33. The molecular weight excluding hydrogens is 427 g/mol. The fourth-order valence-corrected chi connectivity index (χ4v) is 3.90.